The molecule has 9 nitrogen and oxygen atoms in total. The Morgan fingerprint density at radius 2 is 2.00 bits per heavy atom. The summed E-state index contributed by atoms with van der Waals surface area (Å²) < 4.78 is 27.4. The molecule has 0 aliphatic rings. The molecular weight excluding hydrogens is 426 g/mol. The van der Waals surface area contributed by atoms with Gasteiger partial charge in [0.25, 0.3) is 5.91 Å². The number of anilines is 1. The van der Waals surface area contributed by atoms with Gasteiger partial charge in [-0.2, -0.15) is 0 Å². The monoisotopic (exact) mass is 447 g/mol. The van der Waals surface area contributed by atoms with Gasteiger partial charge >= 0.3 is 0 Å². The van der Waals surface area contributed by atoms with Crippen molar-refractivity contribution in [2.24, 2.45) is 5.73 Å². The van der Waals surface area contributed by atoms with E-state index in [1.54, 1.807) is 36.7 Å². The highest BCUT2D eigenvalue weighted by Crippen LogP contribution is 2.25. The molecule has 11 heteroatoms. The third kappa shape index (κ3) is 5.12. The molecule has 5 N–H and O–H groups in total. The summed E-state index contributed by atoms with van der Waals surface area (Å²) in [6, 6.07) is 6.75. The number of aromatic nitrogens is 2. The quantitative estimate of drug-likeness (QED) is 0.418. The van der Waals surface area contributed by atoms with Crippen LogP contribution >= 0.6 is 11.3 Å². The van der Waals surface area contributed by atoms with Gasteiger partial charge in [0.15, 0.2) is 5.13 Å². The summed E-state index contributed by atoms with van der Waals surface area (Å²) in [6.45, 7) is 3.49. The van der Waals surface area contributed by atoms with Gasteiger partial charge in [-0.05, 0) is 37.1 Å². The average molecular weight is 448 g/mol. The molecule has 0 atom stereocenters. The maximum atomic E-state index is 12.5. The lowest BCUT2D eigenvalue weighted by molar-refractivity contribution is -0.116. The fourth-order valence-electron chi connectivity index (χ4n) is 2.70. The number of carbonyl (C=O) groups is 2. The Kier molecular flexibility index (Phi) is 6.34. The lowest BCUT2D eigenvalue weighted by Gasteiger charge is -2.10. The van der Waals surface area contributed by atoms with Crippen LogP contribution in [0, 0.1) is 13.8 Å². The minimum Gasteiger partial charge on any atom is -0.364 e. The average Bonchev–Trinajstić information content (AvgIpc) is 3.33. The number of sulfonamides is 1. The third-order valence-electron chi connectivity index (χ3n) is 4.27. The van der Waals surface area contributed by atoms with Gasteiger partial charge in [0.05, 0.1) is 10.6 Å². The number of hydrogen-bond donors (Lipinski definition) is 4. The maximum Gasteiger partial charge on any atom is 0.265 e. The number of amides is 2. The molecule has 1 aromatic carbocycles. The van der Waals surface area contributed by atoms with E-state index in [9.17, 15) is 18.0 Å². The van der Waals surface area contributed by atoms with Crippen molar-refractivity contribution in [1.82, 2.24) is 14.7 Å². The molecule has 0 unspecified atom stereocenters. The van der Waals surface area contributed by atoms with Gasteiger partial charge in [-0.15, -0.1) is 11.3 Å². The summed E-state index contributed by atoms with van der Waals surface area (Å²) >= 11 is 1.22. The molecule has 0 bridgehead atoms. The van der Waals surface area contributed by atoms with E-state index in [-0.39, 0.29) is 29.5 Å². The number of aryl methyl sites for hydroxylation is 2. The molecular formula is C19H21N5O4S2. The highest BCUT2D eigenvalue weighted by molar-refractivity contribution is 7.89. The molecule has 0 saturated heterocycles. The number of nitrogens with two attached hydrogens (primary N) is 1. The second-order valence-corrected chi connectivity index (χ2v) is 9.26. The van der Waals surface area contributed by atoms with E-state index in [1.165, 1.54) is 11.3 Å². The fourth-order valence-corrected chi connectivity index (χ4v) is 4.80. The van der Waals surface area contributed by atoms with Crippen molar-refractivity contribution in [1.29, 1.82) is 0 Å². The van der Waals surface area contributed by atoms with Crippen LogP contribution in [0.15, 0.2) is 40.7 Å². The van der Waals surface area contributed by atoms with Crippen molar-refractivity contribution in [2.75, 3.05) is 11.9 Å². The lowest BCUT2D eigenvalue weighted by Crippen LogP contribution is -2.28. The van der Waals surface area contributed by atoms with Gasteiger partial charge < -0.3 is 16.0 Å². The van der Waals surface area contributed by atoms with Crippen molar-refractivity contribution in [3.8, 4) is 11.3 Å². The zero-order valence-corrected chi connectivity index (χ0v) is 18.0. The van der Waals surface area contributed by atoms with E-state index in [4.69, 9.17) is 5.73 Å². The molecule has 2 amide bonds. The second-order valence-electron chi connectivity index (χ2n) is 6.67. The van der Waals surface area contributed by atoms with Gasteiger partial charge in [0.1, 0.15) is 5.69 Å². The number of thiazole rings is 1. The Hall–Kier alpha value is -3.02. The molecule has 0 radical (unpaired) electrons. The number of primary amides is 1. The Bertz CT molecular complexity index is 1200. The predicted octanol–water partition coefficient (Wildman–Crippen LogP) is 2.16. The fraction of sp³-hybridized carbons (Fsp3) is 0.211. The first-order chi connectivity index (χ1) is 14.2. The third-order valence-corrected chi connectivity index (χ3v) is 6.63. The van der Waals surface area contributed by atoms with Crippen molar-refractivity contribution < 1.29 is 18.0 Å². The van der Waals surface area contributed by atoms with Crippen molar-refractivity contribution >= 4 is 38.3 Å². The first kappa shape index (κ1) is 21.7. The van der Waals surface area contributed by atoms with Crippen molar-refractivity contribution in [2.45, 2.75) is 25.2 Å². The van der Waals surface area contributed by atoms with E-state index in [0.717, 1.165) is 5.56 Å². The molecule has 0 aliphatic heterocycles. The number of H-pyrrole nitrogens is 1. The normalized spacial score (nSPS) is 11.4. The summed E-state index contributed by atoms with van der Waals surface area (Å²) in [4.78, 5) is 30.6. The Labute approximate surface area is 177 Å². The number of hydrogen-bond acceptors (Lipinski definition) is 6. The summed E-state index contributed by atoms with van der Waals surface area (Å²) in [7, 11) is -3.70. The minimum absolute atomic E-state index is 0.0421. The number of aromatic amines is 1. The smallest absolute Gasteiger partial charge is 0.265 e. The largest absolute Gasteiger partial charge is 0.364 e. The number of carbonyl (C=O) groups excluding carboxylic acids is 2. The van der Waals surface area contributed by atoms with Crippen LogP contribution in [-0.4, -0.2) is 36.7 Å². The van der Waals surface area contributed by atoms with Crippen LogP contribution in [0.4, 0.5) is 5.13 Å². The van der Waals surface area contributed by atoms with Crippen molar-refractivity contribution in [3.63, 3.8) is 0 Å². The molecule has 0 aliphatic carbocycles. The summed E-state index contributed by atoms with van der Waals surface area (Å²) in [5.41, 5.74) is 8.20. The SMILES string of the molecule is Cc1ccc(C)c(S(=O)(=O)NCCC(=O)Nc2nc(-c3c[nH]c(C(N)=O)c3)cs2)c1. The maximum absolute atomic E-state index is 12.5. The zero-order valence-electron chi connectivity index (χ0n) is 16.4. The van der Waals surface area contributed by atoms with E-state index in [0.29, 0.717) is 22.0 Å². The summed E-state index contributed by atoms with van der Waals surface area (Å²) in [5, 5.41) is 4.74. The predicted molar refractivity (Wildman–Crippen MR) is 115 cm³/mol. The number of nitrogens with one attached hydrogen (secondary N) is 3. The summed E-state index contributed by atoms with van der Waals surface area (Å²) in [5.74, 6) is -0.945. The van der Waals surface area contributed by atoms with Gasteiger partial charge in [0, 0.05) is 30.1 Å². The molecule has 0 spiro atoms. The van der Waals surface area contributed by atoms with Crippen molar-refractivity contribution in [3.05, 3.63) is 52.7 Å². The van der Waals surface area contributed by atoms with Crippen LogP contribution in [0.1, 0.15) is 28.0 Å². The van der Waals surface area contributed by atoms with Gasteiger partial charge in [0.2, 0.25) is 15.9 Å². The van der Waals surface area contributed by atoms with E-state index in [2.05, 4.69) is 20.0 Å². The molecule has 2 heterocycles. The van der Waals surface area contributed by atoms with E-state index in [1.807, 2.05) is 13.0 Å². The standard InChI is InChI=1S/C19H21N5O4S2/c1-11-3-4-12(2)16(7-11)30(27,28)22-6-5-17(25)24-19-23-15(10-29-19)13-8-14(18(20)26)21-9-13/h3-4,7-10,21-22H,5-6H2,1-2H3,(H2,20,26)(H,23,24,25). The van der Waals surface area contributed by atoms with Crippen LogP contribution in [-0.2, 0) is 14.8 Å². The van der Waals surface area contributed by atoms with Gasteiger partial charge in [-0.1, -0.05) is 12.1 Å². The highest BCUT2D eigenvalue weighted by Gasteiger charge is 2.17. The summed E-state index contributed by atoms with van der Waals surface area (Å²) in [6.07, 6.45) is 1.55. The van der Waals surface area contributed by atoms with Crippen LogP contribution in [0.25, 0.3) is 11.3 Å². The van der Waals surface area contributed by atoms with Gasteiger partial charge in [-0.3, -0.25) is 9.59 Å². The molecule has 3 aromatic rings. The molecule has 2 aromatic heterocycles. The topological polar surface area (TPSA) is 147 Å². The number of rotatable bonds is 8. The minimum atomic E-state index is -3.70. The first-order valence-corrected chi connectivity index (χ1v) is 11.3. The molecule has 158 valence electrons. The zero-order chi connectivity index (χ0) is 21.9. The second kappa shape index (κ2) is 8.78. The molecule has 30 heavy (non-hydrogen) atoms. The number of benzene rings is 1. The van der Waals surface area contributed by atoms with Crippen LogP contribution in [0.3, 0.4) is 0 Å². The molecule has 3 rings (SSSR count). The van der Waals surface area contributed by atoms with Crippen LogP contribution in [0.5, 0.6) is 0 Å². The number of nitrogens with zero attached hydrogens (tertiary/aromatic N) is 1. The van der Waals surface area contributed by atoms with E-state index < -0.39 is 15.9 Å². The first-order valence-electron chi connectivity index (χ1n) is 8.96. The highest BCUT2D eigenvalue weighted by atomic mass is 32.2. The Morgan fingerprint density at radius 1 is 1.23 bits per heavy atom. The Balaban J connectivity index is 1.55. The molecule has 0 saturated carbocycles. The van der Waals surface area contributed by atoms with Crippen LogP contribution < -0.4 is 15.8 Å². The molecule has 0 fully saturated rings. The Morgan fingerprint density at radius 3 is 2.70 bits per heavy atom. The van der Waals surface area contributed by atoms with E-state index >= 15 is 0 Å². The van der Waals surface area contributed by atoms with Gasteiger partial charge in [-0.25, -0.2) is 18.1 Å². The van der Waals surface area contributed by atoms with Crippen LogP contribution in [0.2, 0.25) is 0 Å². The lowest BCUT2D eigenvalue weighted by atomic mass is 10.2.